The van der Waals surface area contributed by atoms with E-state index in [-0.39, 0.29) is 18.6 Å². The first kappa shape index (κ1) is 8.89. The average molecular weight is 121 g/mol. The summed E-state index contributed by atoms with van der Waals surface area (Å²) in [6.45, 7) is 3.43. The van der Waals surface area contributed by atoms with Crippen molar-refractivity contribution in [1.29, 1.82) is 0 Å². The maximum absolute atomic E-state index is 3.43. The molecule has 3 heteroatoms. The van der Waals surface area contributed by atoms with Crippen LogP contribution < -0.4 is 0 Å². The van der Waals surface area contributed by atoms with Crippen LogP contribution in [0.1, 0.15) is 0 Å². The van der Waals surface area contributed by atoms with Gasteiger partial charge in [0.25, 0.3) is 0 Å². The van der Waals surface area contributed by atoms with Crippen molar-refractivity contribution in [3.05, 3.63) is 6.55 Å². The summed E-state index contributed by atoms with van der Waals surface area (Å²) in [6.07, 6.45) is 0. The Hall–Kier alpha value is 1.02. The molecule has 0 aliphatic carbocycles. The van der Waals surface area contributed by atoms with Gasteiger partial charge in [-0.3, -0.25) is 0 Å². The zero-order valence-corrected chi connectivity index (χ0v) is 5.55. The van der Waals surface area contributed by atoms with Crippen LogP contribution in [-0.4, -0.2) is 18.8 Å². The fraction of sp³-hybridized carbons (Fsp3) is 0. The molecule has 0 aromatic rings. The third-order valence-corrected chi connectivity index (χ3v) is 0. The average Bonchev–Trinajstić information content (AvgIpc) is 0.918. The molecule has 4 heavy (non-hydrogen) atoms. The van der Waals surface area contributed by atoms with Crippen molar-refractivity contribution in [2.75, 3.05) is 0 Å². The predicted molar refractivity (Wildman–Crippen MR) is 16.9 cm³/mol. The second-order valence-electron chi connectivity index (χ2n) is 0.177. The molecule has 0 N–H and O–H groups in total. The van der Waals surface area contributed by atoms with Gasteiger partial charge in [0.1, 0.15) is 0 Å². The Morgan fingerprint density at radius 2 is 1.75 bits per heavy atom. The van der Waals surface area contributed by atoms with Gasteiger partial charge in [-0.25, -0.2) is 0 Å². The largest absolute Gasteiger partial charge is 2.00 e. The summed E-state index contributed by atoms with van der Waals surface area (Å²) in [6, 6.07) is 0. The van der Waals surface area contributed by atoms with Crippen molar-refractivity contribution in [2.24, 2.45) is 0 Å². The first-order valence-corrected chi connectivity index (χ1v) is 3.31. The summed E-state index contributed by atoms with van der Waals surface area (Å²) in [7, 11) is 3.74. The molecule has 18 valence electrons. The number of rotatable bonds is 0. The van der Waals surface area contributed by atoms with Gasteiger partial charge in [0.15, 0.2) is 0 Å². The number of hydrogen-bond acceptors (Lipinski definition) is 0. The van der Waals surface area contributed by atoms with Crippen molar-refractivity contribution in [3.8, 4) is 0 Å². The van der Waals surface area contributed by atoms with E-state index in [0.29, 0.717) is 9.04 Å². The topological polar surface area (TPSA) is 0 Å². The Labute approximate surface area is 44.3 Å². The molecule has 0 bridgehead atoms. The minimum Gasteiger partial charge on any atom is -0.353 e. The molecule has 0 fully saturated rings. The summed E-state index contributed by atoms with van der Waals surface area (Å²) in [5.74, 6) is 0. The van der Waals surface area contributed by atoms with E-state index in [2.05, 4.69) is 16.3 Å². The number of hydrogen-bond donors (Lipinski definition) is 0. The molecule has 0 unspecified atom stereocenters. The van der Waals surface area contributed by atoms with E-state index < -0.39 is 0 Å². The third-order valence-electron chi connectivity index (χ3n) is 0. The summed E-state index contributed by atoms with van der Waals surface area (Å²) in [4.78, 5) is 0. The fourth-order valence-electron chi connectivity index (χ4n) is 0. The van der Waals surface area contributed by atoms with Crippen molar-refractivity contribution >= 4 is 18.8 Å². The van der Waals surface area contributed by atoms with Crippen LogP contribution in [0.3, 0.4) is 0 Å². The van der Waals surface area contributed by atoms with Gasteiger partial charge in [-0.1, -0.05) is 0 Å². The van der Waals surface area contributed by atoms with Gasteiger partial charge in [0.2, 0.25) is 0 Å². The second-order valence-corrected chi connectivity index (χ2v) is 1.59. The van der Waals surface area contributed by atoms with Crippen molar-refractivity contribution < 1.29 is 18.6 Å². The molecule has 6 radical (unpaired) electrons. The van der Waals surface area contributed by atoms with Crippen molar-refractivity contribution in [2.45, 2.75) is 0 Å². The molecular weight excluding hydrogens is 119 g/mol. The van der Waals surface area contributed by atoms with Gasteiger partial charge >= 0.3 is 18.6 Å². The minimum atomic E-state index is 0. The summed E-state index contributed by atoms with van der Waals surface area (Å²) >= 11 is 0. The second kappa shape index (κ2) is 8.99. The van der Waals surface area contributed by atoms with Crippen LogP contribution in [0.15, 0.2) is 0 Å². The predicted octanol–water partition coefficient (Wildman–Crippen LogP) is -0.437. The standard InChI is InChI=1S/CH2Si2.V/c1-3-2;/h1H2;/q-1;+2. The van der Waals surface area contributed by atoms with Crippen LogP contribution in [0, 0.1) is 6.55 Å². The third kappa shape index (κ3) is 11.9. The molecule has 0 rings (SSSR count). The van der Waals surface area contributed by atoms with Crippen LogP contribution in [-0.2, 0) is 18.6 Å². The van der Waals surface area contributed by atoms with Crippen LogP contribution in [0.4, 0.5) is 0 Å². The molecule has 0 aromatic carbocycles. The van der Waals surface area contributed by atoms with Crippen LogP contribution in [0.2, 0.25) is 0 Å². The summed E-state index contributed by atoms with van der Waals surface area (Å²) in [5, 5.41) is 0. The van der Waals surface area contributed by atoms with E-state index in [1.54, 1.807) is 0 Å². The quantitative estimate of drug-likeness (QED) is 0.301. The van der Waals surface area contributed by atoms with E-state index in [9.17, 15) is 0 Å². The normalized spacial score (nSPS) is 4.50. The molecule has 0 saturated heterocycles. The SMILES string of the molecule is [CH2-][Si][Si].[V+2]. The van der Waals surface area contributed by atoms with Gasteiger partial charge < -0.3 is 6.55 Å². The van der Waals surface area contributed by atoms with Gasteiger partial charge in [0.05, 0.1) is 0 Å². The first-order valence-electron chi connectivity index (χ1n) is 0.604. The zero-order valence-electron chi connectivity index (χ0n) is 2.15. The monoisotopic (exact) mass is 121 g/mol. The van der Waals surface area contributed by atoms with Gasteiger partial charge in [-0.15, -0.1) is 0 Å². The molecule has 0 spiro atoms. The van der Waals surface area contributed by atoms with Gasteiger partial charge in [-0.05, 0) is 9.76 Å². The summed E-state index contributed by atoms with van der Waals surface area (Å²) < 4.78 is 0. The molecule has 0 aliphatic heterocycles. The Bertz CT molecular complexity index is 6.00. The Kier molecular flexibility index (Phi) is 20.0. The van der Waals surface area contributed by atoms with Crippen LogP contribution in [0.25, 0.3) is 0 Å². The first-order chi connectivity index (χ1) is 1.41. The van der Waals surface area contributed by atoms with Crippen LogP contribution in [0.5, 0.6) is 0 Å². The molecule has 0 atom stereocenters. The van der Waals surface area contributed by atoms with Crippen molar-refractivity contribution in [3.63, 3.8) is 0 Å². The Morgan fingerprint density at radius 1 is 1.75 bits per heavy atom. The van der Waals surface area contributed by atoms with E-state index in [4.69, 9.17) is 0 Å². The van der Waals surface area contributed by atoms with E-state index >= 15 is 0 Å². The maximum Gasteiger partial charge on any atom is 2.00 e. The van der Waals surface area contributed by atoms with E-state index in [1.165, 1.54) is 0 Å². The molecule has 0 amide bonds. The van der Waals surface area contributed by atoms with Crippen molar-refractivity contribution in [1.82, 2.24) is 0 Å². The maximum atomic E-state index is 3.43. The zero-order chi connectivity index (χ0) is 2.71. The summed E-state index contributed by atoms with van der Waals surface area (Å²) in [5.41, 5.74) is 0. The van der Waals surface area contributed by atoms with Crippen LogP contribution >= 0.6 is 0 Å². The molecule has 0 aliphatic rings. The Morgan fingerprint density at radius 3 is 1.75 bits per heavy atom. The molecular formula is CH2Si2V+. The van der Waals surface area contributed by atoms with E-state index in [1.807, 2.05) is 0 Å². The smallest absolute Gasteiger partial charge is 0.353 e. The van der Waals surface area contributed by atoms with Gasteiger partial charge in [0, 0.05) is 0 Å². The molecule has 0 heterocycles. The minimum absolute atomic E-state index is 0. The van der Waals surface area contributed by atoms with Gasteiger partial charge in [-0.2, -0.15) is 9.04 Å². The Balaban J connectivity index is 0. The van der Waals surface area contributed by atoms with E-state index in [0.717, 1.165) is 0 Å². The fourth-order valence-corrected chi connectivity index (χ4v) is 0. The molecule has 0 saturated carbocycles. The molecule has 0 nitrogen and oxygen atoms in total. The molecule has 0 aromatic heterocycles.